The van der Waals surface area contributed by atoms with Gasteiger partial charge in [0.25, 0.3) is 0 Å². The molecule has 84 valence electrons. The van der Waals surface area contributed by atoms with Crippen molar-refractivity contribution >= 4 is 11.3 Å². The van der Waals surface area contributed by atoms with Crippen LogP contribution in [0.25, 0.3) is 0 Å². The highest BCUT2D eigenvalue weighted by atomic mass is 32.1. The van der Waals surface area contributed by atoms with Gasteiger partial charge in [0.15, 0.2) is 0 Å². The van der Waals surface area contributed by atoms with Gasteiger partial charge < -0.3 is 5.32 Å². The molecule has 1 heterocycles. The maximum atomic E-state index is 4.51. The van der Waals surface area contributed by atoms with Crippen molar-refractivity contribution in [1.82, 2.24) is 10.3 Å². The predicted molar refractivity (Wildman–Crippen MR) is 65.3 cm³/mol. The average molecular weight is 224 g/mol. The minimum atomic E-state index is 0.529. The van der Waals surface area contributed by atoms with Crippen molar-refractivity contribution in [1.29, 1.82) is 0 Å². The van der Waals surface area contributed by atoms with Crippen LogP contribution in [0.15, 0.2) is 0 Å². The van der Waals surface area contributed by atoms with Crippen LogP contribution in [0.1, 0.15) is 47.3 Å². The predicted octanol–water partition coefficient (Wildman–Crippen LogP) is 3.21. The maximum absolute atomic E-state index is 4.51. The van der Waals surface area contributed by atoms with Gasteiger partial charge in [-0.3, -0.25) is 0 Å². The molecule has 1 fully saturated rings. The Balaban J connectivity index is 2.07. The second kappa shape index (κ2) is 4.62. The lowest BCUT2D eigenvalue weighted by atomic mass is 9.80. The van der Waals surface area contributed by atoms with E-state index in [9.17, 15) is 0 Å². The molecule has 1 saturated carbocycles. The fraction of sp³-hybridized carbons (Fsp3) is 0.750. The fourth-order valence-electron chi connectivity index (χ4n) is 2.29. The zero-order valence-electron chi connectivity index (χ0n) is 9.84. The minimum absolute atomic E-state index is 0.529. The fourth-order valence-corrected chi connectivity index (χ4v) is 3.34. The number of hydrogen-bond acceptors (Lipinski definition) is 3. The summed E-state index contributed by atoms with van der Waals surface area (Å²) >= 11 is 1.85. The van der Waals surface area contributed by atoms with Gasteiger partial charge in [0.05, 0.1) is 10.7 Å². The molecule has 0 spiro atoms. The topological polar surface area (TPSA) is 24.9 Å². The van der Waals surface area contributed by atoms with E-state index in [2.05, 4.69) is 31.2 Å². The Hall–Kier alpha value is -0.410. The van der Waals surface area contributed by atoms with Gasteiger partial charge in [-0.25, -0.2) is 4.98 Å². The first-order chi connectivity index (χ1) is 7.20. The first-order valence-corrected chi connectivity index (χ1v) is 6.63. The van der Waals surface area contributed by atoms with Crippen molar-refractivity contribution in [3.05, 3.63) is 15.6 Å². The van der Waals surface area contributed by atoms with E-state index in [1.807, 2.05) is 11.3 Å². The molecule has 1 aliphatic rings. The third-order valence-electron chi connectivity index (χ3n) is 3.40. The zero-order valence-corrected chi connectivity index (χ0v) is 10.7. The second-order valence-corrected chi connectivity index (χ2v) is 5.79. The smallest absolute Gasteiger partial charge is 0.0900 e. The highest BCUT2D eigenvalue weighted by Crippen LogP contribution is 2.36. The maximum Gasteiger partial charge on any atom is 0.0900 e. The number of rotatable bonds is 4. The van der Waals surface area contributed by atoms with Gasteiger partial charge in [-0.05, 0) is 33.2 Å². The number of aromatic nitrogens is 1. The number of hydrogen-bond donors (Lipinski definition) is 1. The molecule has 1 atom stereocenters. The monoisotopic (exact) mass is 224 g/mol. The second-order valence-electron chi connectivity index (χ2n) is 4.56. The quantitative estimate of drug-likeness (QED) is 0.849. The van der Waals surface area contributed by atoms with E-state index in [0.717, 1.165) is 5.92 Å². The van der Waals surface area contributed by atoms with Gasteiger partial charge in [-0.1, -0.05) is 19.3 Å². The molecule has 2 nitrogen and oxygen atoms in total. The van der Waals surface area contributed by atoms with Crippen LogP contribution in [-0.2, 0) is 0 Å². The molecule has 0 radical (unpaired) electrons. The summed E-state index contributed by atoms with van der Waals surface area (Å²) in [6.45, 7) is 4.22. The molecule has 3 heteroatoms. The molecule has 1 aromatic heterocycles. The Morgan fingerprint density at radius 2 is 2.20 bits per heavy atom. The van der Waals surface area contributed by atoms with E-state index in [4.69, 9.17) is 0 Å². The lowest BCUT2D eigenvalue weighted by Gasteiger charge is -2.29. The van der Waals surface area contributed by atoms with E-state index in [1.54, 1.807) is 0 Å². The number of nitrogens with zero attached hydrogens (tertiary/aromatic N) is 1. The summed E-state index contributed by atoms with van der Waals surface area (Å²) in [6, 6.07) is 0.529. The van der Waals surface area contributed by atoms with E-state index in [-0.39, 0.29) is 0 Å². The van der Waals surface area contributed by atoms with Crippen LogP contribution in [0.3, 0.4) is 0 Å². The number of aryl methyl sites for hydroxylation is 2. The van der Waals surface area contributed by atoms with Crippen molar-refractivity contribution in [3.63, 3.8) is 0 Å². The summed E-state index contributed by atoms with van der Waals surface area (Å²) in [5, 5.41) is 4.63. The first-order valence-electron chi connectivity index (χ1n) is 5.82. The Labute approximate surface area is 96.1 Å². The van der Waals surface area contributed by atoms with Gasteiger partial charge >= 0.3 is 0 Å². The van der Waals surface area contributed by atoms with Crippen LogP contribution < -0.4 is 5.32 Å². The SMILES string of the molecule is CNC(CC1CCC1)c1sc(C)nc1C. The normalized spacial score (nSPS) is 18.9. The number of thiazole rings is 1. The van der Waals surface area contributed by atoms with Gasteiger partial charge in [0.1, 0.15) is 0 Å². The molecule has 0 amide bonds. The molecule has 1 unspecified atom stereocenters. The molecule has 0 aromatic carbocycles. The molecule has 2 rings (SSSR count). The highest BCUT2D eigenvalue weighted by molar-refractivity contribution is 7.11. The molecule has 1 aromatic rings. The lowest BCUT2D eigenvalue weighted by Crippen LogP contribution is -2.23. The summed E-state index contributed by atoms with van der Waals surface area (Å²) in [5.74, 6) is 0.948. The van der Waals surface area contributed by atoms with Gasteiger partial charge in [0.2, 0.25) is 0 Å². The Bertz CT molecular complexity index is 328. The molecule has 1 aliphatic carbocycles. The van der Waals surface area contributed by atoms with E-state index >= 15 is 0 Å². The molecule has 0 aliphatic heterocycles. The standard InChI is InChI=1S/C12H20N2S/c1-8-12(15-9(2)14-8)11(13-3)7-10-5-4-6-10/h10-11,13H,4-7H2,1-3H3. The third kappa shape index (κ3) is 2.40. The Morgan fingerprint density at radius 3 is 2.60 bits per heavy atom. The summed E-state index contributed by atoms with van der Waals surface area (Å²) in [4.78, 5) is 5.96. The molecular formula is C12H20N2S. The Kier molecular flexibility index (Phi) is 3.42. The first kappa shape index (κ1) is 11.1. The van der Waals surface area contributed by atoms with Gasteiger partial charge in [-0.2, -0.15) is 0 Å². The van der Waals surface area contributed by atoms with Crippen LogP contribution in [0.5, 0.6) is 0 Å². The third-order valence-corrected chi connectivity index (χ3v) is 4.58. The molecular weight excluding hydrogens is 204 g/mol. The van der Waals surface area contributed by atoms with Gasteiger partial charge in [0, 0.05) is 10.9 Å². The van der Waals surface area contributed by atoms with Crippen molar-refractivity contribution in [2.24, 2.45) is 5.92 Å². The van der Waals surface area contributed by atoms with Crippen LogP contribution in [-0.4, -0.2) is 12.0 Å². The highest BCUT2D eigenvalue weighted by Gasteiger charge is 2.24. The lowest BCUT2D eigenvalue weighted by molar-refractivity contribution is 0.266. The van der Waals surface area contributed by atoms with E-state index in [0.29, 0.717) is 6.04 Å². The van der Waals surface area contributed by atoms with E-state index < -0.39 is 0 Å². The minimum Gasteiger partial charge on any atom is -0.312 e. The Morgan fingerprint density at radius 1 is 1.47 bits per heavy atom. The van der Waals surface area contributed by atoms with Crippen LogP contribution >= 0.6 is 11.3 Å². The zero-order chi connectivity index (χ0) is 10.8. The summed E-state index contributed by atoms with van der Waals surface area (Å²) < 4.78 is 0. The van der Waals surface area contributed by atoms with Gasteiger partial charge in [-0.15, -0.1) is 11.3 Å². The van der Waals surface area contributed by atoms with Crippen molar-refractivity contribution < 1.29 is 0 Å². The van der Waals surface area contributed by atoms with Crippen molar-refractivity contribution in [3.8, 4) is 0 Å². The van der Waals surface area contributed by atoms with Crippen LogP contribution in [0.4, 0.5) is 0 Å². The van der Waals surface area contributed by atoms with Crippen molar-refractivity contribution in [2.45, 2.75) is 45.6 Å². The molecule has 1 N–H and O–H groups in total. The summed E-state index contributed by atoms with van der Waals surface area (Å²) in [7, 11) is 2.07. The summed E-state index contributed by atoms with van der Waals surface area (Å²) in [6.07, 6.45) is 5.57. The molecule has 15 heavy (non-hydrogen) atoms. The number of nitrogens with one attached hydrogen (secondary N) is 1. The molecule has 0 saturated heterocycles. The average Bonchev–Trinajstić information content (AvgIpc) is 2.44. The van der Waals surface area contributed by atoms with Crippen LogP contribution in [0.2, 0.25) is 0 Å². The molecule has 0 bridgehead atoms. The largest absolute Gasteiger partial charge is 0.312 e. The summed E-state index contributed by atoms with van der Waals surface area (Å²) in [5.41, 5.74) is 1.22. The van der Waals surface area contributed by atoms with E-state index in [1.165, 1.54) is 41.3 Å². The van der Waals surface area contributed by atoms with Crippen molar-refractivity contribution in [2.75, 3.05) is 7.05 Å². The van der Waals surface area contributed by atoms with Crippen LogP contribution in [0, 0.1) is 19.8 Å².